The van der Waals surface area contributed by atoms with Crippen LogP contribution < -0.4 is 10.9 Å². The van der Waals surface area contributed by atoms with Crippen molar-refractivity contribution in [2.45, 2.75) is 19.9 Å². The Hall–Kier alpha value is -2.61. The molecule has 3 rings (SSSR count). The topological polar surface area (TPSA) is 111 Å². The molecule has 0 spiro atoms. The molecule has 0 bridgehead atoms. The van der Waals surface area contributed by atoms with Gasteiger partial charge in [0, 0.05) is 22.8 Å². The zero-order valence-corrected chi connectivity index (χ0v) is 13.4. The Balaban J connectivity index is 2.09. The lowest BCUT2D eigenvalue weighted by molar-refractivity contribution is 0.185. The van der Waals surface area contributed by atoms with E-state index in [0.717, 1.165) is 10.4 Å². The molecular formula is C15H16N4O3S. The summed E-state index contributed by atoms with van der Waals surface area (Å²) < 4.78 is 0.530. The van der Waals surface area contributed by atoms with Crippen LogP contribution >= 0.6 is 11.3 Å². The first-order chi connectivity index (χ1) is 11.0. The normalized spacial score (nSPS) is 12.7. The van der Waals surface area contributed by atoms with Crippen LogP contribution in [0.25, 0.3) is 20.7 Å². The Labute approximate surface area is 135 Å². The summed E-state index contributed by atoms with van der Waals surface area (Å²) in [5.74, 6) is 0.285. The molecule has 0 fully saturated rings. The predicted octanol–water partition coefficient (Wildman–Crippen LogP) is 2.94. The van der Waals surface area contributed by atoms with Crippen molar-refractivity contribution in [1.82, 2.24) is 20.3 Å². The number of hydrogen-bond acceptors (Lipinski definition) is 4. The monoisotopic (exact) mass is 332 g/mol. The minimum atomic E-state index is -1.15. The second kappa shape index (κ2) is 5.88. The Bertz CT molecular complexity index is 895. The average molecular weight is 332 g/mol. The molecule has 8 heteroatoms. The third-order valence-corrected chi connectivity index (χ3v) is 4.70. The van der Waals surface area contributed by atoms with Crippen LogP contribution in [0.2, 0.25) is 0 Å². The summed E-state index contributed by atoms with van der Waals surface area (Å²) in [6, 6.07) is 3.20. The lowest BCUT2D eigenvalue weighted by Crippen LogP contribution is -2.33. The molecule has 0 aliphatic carbocycles. The number of carboxylic acid groups (broad SMARTS) is 1. The van der Waals surface area contributed by atoms with Gasteiger partial charge in [-0.2, -0.15) is 0 Å². The van der Waals surface area contributed by atoms with E-state index in [1.807, 2.05) is 38.4 Å². The maximum atomic E-state index is 12.3. The van der Waals surface area contributed by atoms with Crippen LogP contribution in [-0.4, -0.2) is 26.2 Å². The number of rotatable bonds is 4. The third kappa shape index (κ3) is 2.98. The standard InChI is InChI=1S/C15H16N4O3S/c1-7(2)11(18-15(21)22)13-17-9-5-10(8-3-4-16-6-8)23-12(9)14(20)19-13/h3-7,11,16,18H,1-2H3,(H,21,22)(H,17,19,20). The fraction of sp³-hybridized carbons (Fsp3) is 0.267. The molecular weight excluding hydrogens is 316 g/mol. The minimum absolute atomic E-state index is 0.0468. The van der Waals surface area contributed by atoms with Crippen molar-refractivity contribution in [3.63, 3.8) is 0 Å². The van der Waals surface area contributed by atoms with Gasteiger partial charge in [0.15, 0.2) is 0 Å². The van der Waals surface area contributed by atoms with Gasteiger partial charge in [0.2, 0.25) is 0 Å². The molecule has 0 saturated carbocycles. The van der Waals surface area contributed by atoms with Crippen molar-refractivity contribution < 1.29 is 9.90 Å². The summed E-state index contributed by atoms with van der Waals surface area (Å²) in [5.41, 5.74) is 1.30. The van der Waals surface area contributed by atoms with E-state index < -0.39 is 12.1 Å². The zero-order chi connectivity index (χ0) is 16.6. The maximum Gasteiger partial charge on any atom is 0.405 e. The number of amides is 1. The van der Waals surface area contributed by atoms with Crippen molar-refractivity contribution in [2.75, 3.05) is 0 Å². The Morgan fingerprint density at radius 2 is 2.22 bits per heavy atom. The summed E-state index contributed by atoms with van der Waals surface area (Å²) in [5, 5.41) is 11.4. The second-order valence-electron chi connectivity index (χ2n) is 5.55. The fourth-order valence-electron chi connectivity index (χ4n) is 2.41. The van der Waals surface area contributed by atoms with E-state index in [-0.39, 0.29) is 11.5 Å². The number of aromatic amines is 2. The Morgan fingerprint density at radius 1 is 1.43 bits per heavy atom. The summed E-state index contributed by atoms with van der Waals surface area (Å²) >= 11 is 1.36. The first-order valence-electron chi connectivity index (χ1n) is 7.12. The molecule has 0 radical (unpaired) electrons. The van der Waals surface area contributed by atoms with Gasteiger partial charge in [0.25, 0.3) is 5.56 Å². The highest BCUT2D eigenvalue weighted by molar-refractivity contribution is 7.22. The molecule has 23 heavy (non-hydrogen) atoms. The number of nitrogens with one attached hydrogen (secondary N) is 3. The molecule has 1 atom stereocenters. The zero-order valence-electron chi connectivity index (χ0n) is 12.6. The minimum Gasteiger partial charge on any atom is -0.465 e. The van der Waals surface area contributed by atoms with Gasteiger partial charge in [-0.1, -0.05) is 13.8 Å². The van der Waals surface area contributed by atoms with E-state index in [9.17, 15) is 9.59 Å². The van der Waals surface area contributed by atoms with E-state index in [1.165, 1.54) is 11.3 Å². The van der Waals surface area contributed by atoms with Gasteiger partial charge in [-0.3, -0.25) is 4.79 Å². The molecule has 1 amide bonds. The lowest BCUT2D eigenvalue weighted by Gasteiger charge is -2.19. The molecule has 0 aliphatic rings. The number of H-pyrrole nitrogens is 2. The van der Waals surface area contributed by atoms with Crippen LogP contribution in [0.1, 0.15) is 25.7 Å². The molecule has 0 aromatic carbocycles. The maximum absolute atomic E-state index is 12.3. The quantitative estimate of drug-likeness (QED) is 0.588. The van der Waals surface area contributed by atoms with E-state index >= 15 is 0 Å². The van der Waals surface area contributed by atoms with Crippen molar-refractivity contribution in [2.24, 2.45) is 5.92 Å². The van der Waals surface area contributed by atoms with Crippen molar-refractivity contribution in [1.29, 1.82) is 0 Å². The summed E-state index contributed by atoms with van der Waals surface area (Å²) in [6.07, 6.45) is 2.52. The van der Waals surface area contributed by atoms with Crippen LogP contribution in [0.3, 0.4) is 0 Å². The number of fused-ring (bicyclic) bond motifs is 1. The van der Waals surface area contributed by atoms with Crippen LogP contribution in [0.5, 0.6) is 0 Å². The number of thiophene rings is 1. The molecule has 1 unspecified atom stereocenters. The average Bonchev–Trinajstić information content (AvgIpc) is 3.12. The highest BCUT2D eigenvalue weighted by Crippen LogP contribution is 2.31. The molecule has 120 valence electrons. The van der Waals surface area contributed by atoms with Crippen LogP contribution in [0, 0.1) is 5.92 Å². The van der Waals surface area contributed by atoms with E-state index in [0.29, 0.717) is 16.0 Å². The Kier molecular flexibility index (Phi) is 3.91. The van der Waals surface area contributed by atoms with Gasteiger partial charge in [0.05, 0.1) is 11.6 Å². The van der Waals surface area contributed by atoms with Crippen molar-refractivity contribution in [3.8, 4) is 10.4 Å². The highest BCUT2D eigenvalue weighted by atomic mass is 32.1. The van der Waals surface area contributed by atoms with Gasteiger partial charge in [-0.25, -0.2) is 9.78 Å². The SMILES string of the molecule is CC(C)C(NC(=O)O)c1nc2cc(-c3cc[nH]c3)sc2c(=O)[nH]1. The van der Waals surface area contributed by atoms with E-state index in [4.69, 9.17) is 5.11 Å². The third-order valence-electron chi connectivity index (χ3n) is 3.52. The van der Waals surface area contributed by atoms with E-state index in [2.05, 4.69) is 20.3 Å². The van der Waals surface area contributed by atoms with E-state index in [1.54, 1.807) is 0 Å². The van der Waals surface area contributed by atoms with Gasteiger partial charge in [-0.15, -0.1) is 11.3 Å². The first kappa shape index (κ1) is 15.3. The summed E-state index contributed by atoms with van der Waals surface area (Å²) in [6.45, 7) is 3.73. The molecule has 4 N–H and O–H groups in total. The molecule has 0 saturated heterocycles. The van der Waals surface area contributed by atoms with Gasteiger partial charge >= 0.3 is 6.09 Å². The molecule has 0 aliphatic heterocycles. The van der Waals surface area contributed by atoms with Gasteiger partial charge < -0.3 is 20.4 Å². The van der Waals surface area contributed by atoms with Gasteiger partial charge in [0.1, 0.15) is 10.5 Å². The second-order valence-corrected chi connectivity index (χ2v) is 6.60. The lowest BCUT2D eigenvalue weighted by atomic mass is 10.0. The van der Waals surface area contributed by atoms with Gasteiger partial charge in [-0.05, 0) is 18.1 Å². The highest BCUT2D eigenvalue weighted by Gasteiger charge is 2.22. The fourth-order valence-corrected chi connectivity index (χ4v) is 3.40. The number of nitrogens with zero attached hydrogens (tertiary/aromatic N) is 1. The largest absolute Gasteiger partial charge is 0.465 e. The number of carbonyl (C=O) groups is 1. The number of hydrogen-bond donors (Lipinski definition) is 4. The first-order valence-corrected chi connectivity index (χ1v) is 7.93. The summed E-state index contributed by atoms with van der Waals surface area (Å²) in [4.78, 5) is 34.4. The van der Waals surface area contributed by atoms with Crippen molar-refractivity contribution >= 4 is 27.6 Å². The summed E-state index contributed by atoms with van der Waals surface area (Å²) in [7, 11) is 0. The molecule has 3 heterocycles. The molecule has 3 aromatic heterocycles. The molecule has 7 nitrogen and oxygen atoms in total. The van der Waals surface area contributed by atoms with Crippen LogP contribution in [0.15, 0.2) is 29.3 Å². The smallest absolute Gasteiger partial charge is 0.405 e. The number of aromatic nitrogens is 3. The predicted molar refractivity (Wildman–Crippen MR) is 88.8 cm³/mol. The van der Waals surface area contributed by atoms with Crippen molar-refractivity contribution in [3.05, 3.63) is 40.7 Å². The van der Waals surface area contributed by atoms with Crippen LogP contribution in [-0.2, 0) is 0 Å². The van der Waals surface area contributed by atoms with Crippen LogP contribution in [0.4, 0.5) is 4.79 Å². The Morgan fingerprint density at radius 3 is 2.83 bits per heavy atom. The molecule has 3 aromatic rings.